The number of rotatable bonds is 6. The van der Waals surface area contributed by atoms with Crippen molar-refractivity contribution < 1.29 is 0 Å². The fraction of sp³-hybridized carbons (Fsp3) is 0.812. The van der Waals surface area contributed by atoms with E-state index in [-0.39, 0.29) is 0 Å². The summed E-state index contributed by atoms with van der Waals surface area (Å²) in [6.07, 6.45) is 8.33. The van der Waals surface area contributed by atoms with Gasteiger partial charge in [0, 0.05) is 23.5 Å². The van der Waals surface area contributed by atoms with E-state index in [0.717, 1.165) is 30.7 Å². The highest BCUT2D eigenvalue weighted by molar-refractivity contribution is 7.09. The average Bonchev–Trinajstić information content (AvgIpc) is 3.10. The SMILES string of the molecule is CCCNC(Cc1nc(C)cs1)C1CC2CCC1C2. The molecule has 2 nitrogen and oxygen atoms in total. The average molecular weight is 278 g/mol. The Morgan fingerprint density at radius 1 is 1.42 bits per heavy atom. The van der Waals surface area contributed by atoms with Crippen molar-refractivity contribution in [3.05, 3.63) is 16.1 Å². The van der Waals surface area contributed by atoms with E-state index in [1.807, 2.05) is 11.3 Å². The minimum atomic E-state index is 0.667. The molecule has 0 spiro atoms. The Labute approximate surface area is 121 Å². The van der Waals surface area contributed by atoms with E-state index in [4.69, 9.17) is 0 Å². The lowest BCUT2D eigenvalue weighted by Gasteiger charge is -2.31. The van der Waals surface area contributed by atoms with Crippen molar-refractivity contribution in [3.8, 4) is 0 Å². The molecule has 3 heteroatoms. The molecule has 1 N–H and O–H groups in total. The summed E-state index contributed by atoms with van der Waals surface area (Å²) in [6, 6.07) is 0.667. The normalized spacial score (nSPS) is 30.9. The van der Waals surface area contributed by atoms with Crippen molar-refractivity contribution in [2.75, 3.05) is 6.54 Å². The molecule has 2 aliphatic carbocycles. The summed E-state index contributed by atoms with van der Waals surface area (Å²) >= 11 is 1.84. The maximum Gasteiger partial charge on any atom is 0.0943 e. The molecule has 2 bridgehead atoms. The molecule has 3 rings (SSSR count). The van der Waals surface area contributed by atoms with Gasteiger partial charge in [-0.15, -0.1) is 11.3 Å². The third-order valence-electron chi connectivity index (χ3n) is 5.03. The van der Waals surface area contributed by atoms with Gasteiger partial charge in [0.25, 0.3) is 0 Å². The molecule has 19 heavy (non-hydrogen) atoms. The number of thiazole rings is 1. The molecule has 0 amide bonds. The van der Waals surface area contributed by atoms with Gasteiger partial charge in [-0.2, -0.15) is 0 Å². The number of aryl methyl sites for hydroxylation is 1. The van der Waals surface area contributed by atoms with Crippen molar-refractivity contribution in [3.63, 3.8) is 0 Å². The smallest absolute Gasteiger partial charge is 0.0943 e. The maximum atomic E-state index is 4.67. The first-order chi connectivity index (χ1) is 9.26. The lowest BCUT2D eigenvalue weighted by Crippen LogP contribution is -2.40. The summed E-state index contributed by atoms with van der Waals surface area (Å²) in [4.78, 5) is 4.67. The Balaban J connectivity index is 1.66. The molecule has 4 unspecified atom stereocenters. The summed E-state index contributed by atoms with van der Waals surface area (Å²) in [6.45, 7) is 5.52. The van der Waals surface area contributed by atoms with Crippen LogP contribution >= 0.6 is 11.3 Å². The predicted molar refractivity (Wildman–Crippen MR) is 81.6 cm³/mol. The zero-order valence-corrected chi connectivity index (χ0v) is 13.0. The van der Waals surface area contributed by atoms with Crippen LogP contribution in [0.2, 0.25) is 0 Å². The Hall–Kier alpha value is -0.410. The maximum absolute atomic E-state index is 4.67. The lowest BCUT2D eigenvalue weighted by atomic mass is 9.82. The molecule has 2 saturated carbocycles. The summed E-state index contributed by atoms with van der Waals surface area (Å²) in [5, 5.41) is 7.34. The van der Waals surface area contributed by atoms with Gasteiger partial charge in [-0.05, 0) is 56.9 Å². The number of hydrogen-bond donors (Lipinski definition) is 1. The van der Waals surface area contributed by atoms with Crippen LogP contribution in [0.3, 0.4) is 0 Å². The zero-order chi connectivity index (χ0) is 13.2. The third-order valence-corrected chi connectivity index (χ3v) is 6.02. The zero-order valence-electron chi connectivity index (χ0n) is 12.2. The van der Waals surface area contributed by atoms with E-state index in [0.29, 0.717) is 6.04 Å². The van der Waals surface area contributed by atoms with Crippen molar-refractivity contribution in [2.24, 2.45) is 17.8 Å². The van der Waals surface area contributed by atoms with Gasteiger partial charge in [-0.1, -0.05) is 13.3 Å². The Morgan fingerprint density at radius 3 is 2.89 bits per heavy atom. The summed E-state index contributed by atoms with van der Waals surface area (Å²) in [7, 11) is 0. The topological polar surface area (TPSA) is 24.9 Å². The van der Waals surface area contributed by atoms with Crippen LogP contribution < -0.4 is 5.32 Å². The number of aromatic nitrogens is 1. The quantitative estimate of drug-likeness (QED) is 0.856. The lowest BCUT2D eigenvalue weighted by molar-refractivity contribution is 0.246. The summed E-state index contributed by atoms with van der Waals surface area (Å²) < 4.78 is 0. The van der Waals surface area contributed by atoms with Crippen LogP contribution in [0, 0.1) is 24.7 Å². The highest BCUT2D eigenvalue weighted by atomic mass is 32.1. The van der Waals surface area contributed by atoms with Crippen LogP contribution in [0.4, 0.5) is 0 Å². The van der Waals surface area contributed by atoms with Gasteiger partial charge >= 0.3 is 0 Å². The van der Waals surface area contributed by atoms with Crippen LogP contribution in [0.1, 0.15) is 49.7 Å². The molecular formula is C16H26N2S. The molecule has 0 aliphatic heterocycles. The number of nitrogens with one attached hydrogen (secondary N) is 1. The Bertz CT molecular complexity index is 415. The van der Waals surface area contributed by atoms with Crippen LogP contribution in [0.5, 0.6) is 0 Å². The van der Waals surface area contributed by atoms with E-state index < -0.39 is 0 Å². The van der Waals surface area contributed by atoms with Gasteiger partial charge in [0.15, 0.2) is 0 Å². The van der Waals surface area contributed by atoms with Gasteiger partial charge in [0.2, 0.25) is 0 Å². The van der Waals surface area contributed by atoms with Crippen molar-refractivity contribution >= 4 is 11.3 Å². The molecule has 1 heterocycles. The first-order valence-corrected chi connectivity index (χ1v) is 8.78. The molecule has 0 saturated heterocycles. The molecule has 1 aromatic heterocycles. The van der Waals surface area contributed by atoms with E-state index >= 15 is 0 Å². The third kappa shape index (κ3) is 3.03. The molecular weight excluding hydrogens is 252 g/mol. The molecule has 4 atom stereocenters. The van der Waals surface area contributed by atoms with E-state index in [1.165, 1.54) is 42.8 Å². The van der Waals surface area contributed by atoms with Crippen LogP contribution in [0.25, 0.3) is 0 Å². The Kier molecular flexibility index (Phi) is 4.23. The minimum Gasteiger partial charge on any atom is -0.313 e. The van der Waals surface area contributed by atoms with E-state index in [1.54, 1.807) is 0 Å². The molecule has 0 aromatic carbocycles. The monoisotopic (exact) mass is 278 g/mol. The van der Waals surface area contributed by atoms with Crippen LogP contribution in [-0.4, -0.2) is 17.6 Å². The van der Waals surface area contributed by atoms with Crippen molar-refractivity contribution in [2.45, 2.75) is 58.4 Å². The summed E-state index contributed by atoms with van der Waals surface area (Å²) in [5.41, 5.74) is 1.18. The van der Waals surface area contributed by atoms with Gasteiger partial charge < -0.3 is 5.32 Å². The second-order valence-corrected chi connectivity index (χ2v) is 7.43. The second kappa shape index (κ2) is 5.92. The largest absolute Gasteiger partial charge is 0.313 e. The van der Waals surface area contributed by atoms with E-state index in [9.17, 15) is 0 Å². The fourth-order valence-corrected chi connectivity index (χ4v) is 5.01. The highest BCUT2D eigenvalue weighted by Crippen LogP contribution is 2.49. The van der Waals surface area contributed by atoms with Crippen molar-refractivity contribution in [1.82, 2.24) is 10.3 Å². The Morgan fingerprint density at radius 2 is 2.32 bits per heavy atom. The van der Waals surface area contributed by atoms with Gasteiger partial charge in [0.05, 0.1) is 5.01 Å². The van der Waals surface area contributed by atoms with Crippen LogP contribution in [0.15, 0.2) is 5.38 Å². The molecule has 106 valence electrons. The summed E-state index contributed by atoms with van der Waals surface area (Å²) in [5.74, 6) is 2.95. The van der Waals surface area contributed by atoms with Crippen molar-refractivity contribution in [1.29, 1.82) is 0 Å². The van der Waals surface area contributed by atoms with Crippen LogP contribution in [-0.2, 0) is 6.42 Å². The second-order valence-electron chi connectivity index (χ2n) is 6.49. The number of fused-ring (bicyclic) bond motifs is 2. The minimum absolute atomic E-state index is 0.667. The standard InChI is InChI=1S/C16H26N2S/c1-3-6-17-15(9-16-18-11(2)10-19-16)14-8-12-4-5-13(14)7-12/h10,12-15,17H,3-9H2,1-2H3. The van der Waals surface area contributed by atoms with Gasteiger partial charge in [-0.3, -0.25) is 0 Å². The number of hydrogen-bond acceptors (Lipinski definition) is 3. The molecule has 0 radical (unpaired) electrons. The first-order valence-electron chi connectivity index (χ1n) is 7.90. The van der Waals surface area contributed by atoms with E-state index in [2.05, 4.69) is 29.5 Å². The number of nitrogens with zero attached hydrogens (tertiary/aromatic N) is 1. The van der Waals surface area contributed by atoms with Gasteiger partial charge in [-0.25, -0.2) is 4.98 Å². The molecule has 1 aromatic rings. The fourth-order valence-electron chi connectivity index (χ4n) is 4.18. The molecule has 2 fully saturated rings. The predicted octanol–water partition coefficient (Wildman–Crippen LogP) is 3.80. The highest BCUT2D eigenvalue weighted by Gasteiger charge is 2.42. The molecule has 2 aliphatic rings. The van der Waals surface area contributed by atoms with Gasteiger partial charge in [0.1, 0.15) is 0 Å². The first kappa shape index (κ1) is 13.6.